The SMILES string of the molecule is CC1=C(O)C(=O)CC1C(C)(C)C. The molecule has 0 aromatic heterocycles. The van der Waals surface area contributed by atoms with Crippen LogP contribution in [0.4, 0.5) is 0 Å². The molecule has 2 heteroatoms. The van der Waals surface area contributed by atoms with Crippen LogP contribution in [0.2, 0.25) is 0 Å². The molecule has 0 saturated heterocycles. The summed E-state index contributed by atoms with van der Waals surface area (Å²) in [5, 5.41) is 9.33. The van der Waals surface area contributed by atoms with E-state index in [-0.39, 0.29) is 22.9 Å². The highest BCUT2D eigenvalue weighted by atomic mass is 16.3. The molecule has 0 heterocycles. The molecule has 0 aromatic rings. The quantitative estimate of drug-likeness (QED) is 0.603. The first-order valence-electron chi connectivity index (χ1n) is 4.27. The second-order valence-corrected chi connectivity index (χ2v) is 4.58. The molecule has 0 aromatic carbocycles. The van der Waals surface area contributed by atoms with Crippen molar-refractivity contribution in [2.24, 2.45) is 11.3 Å². The second kappa shape index (κ2) is 2.61. The maximum atomic E-state index is 11.1. The number of allylic oxidation sites excluding steroid dienone is 2. The minimum absolute atomic E-state index is 0.00470. The highest BCUT2D eigenvalue weighted by molar-refractivity contribution is 5.96. The van der Waals surface area contributed by atoms with E-state index in [1.54, 1.807) is 0 Å². The summed E-state index contributed by atoms with van der Waals surface area (Å²) in [6.07, 6.45) is 0.473. The average molecular weight is 168 g/mol. The predicted molar refractivity (Wildman–Crippen MR) is 47.9 cm³/mol. The van der Waals surface area contributed by atoms with E-state index in [0.717, 1.165) is 5.57 Å². The first-order valence-corrected chi connectivity index (χ1v) is 4.27. The Morgan fingerprint density at radius 1 is 1.42 bits per heavy atom. The number of hydrogen-bond acceptors (Lipinski definition) is 2. The van der Waals surface area contributed by atoms with Crippen molar-refractivity contribution in [2.75, 3.05) is 0 Å². The van der Waals surface area contributed by atoms with Gasteiger partial charge in [0.15, 0.2) is 11.5 Å². The molecule has 1 N–H and O–H groups in total. The molecular weight excluding hydrogens is 152 g/mol. The van der Waals surface area contributed by atoms with E-state index in [4.69, 9.17) is 0 Å². The Hall–Kier alpha value is -0.790. The van der Waals surface area contributed by atoms with Gasteiger partial charge in [0.1, 0.15) is 0 Å². The van der Waals surface area contributed by atoms with Crippen LogP contribution in [0.25, 0.3) is 0 Å². The molecule has 1 unspecified atom stereocenters. The fourth-order valence-corrected chi connectivity index (χ4v) is 1.78. The Bertz CT molecular complexity index is 243. The van der Waals surface area contributed by atoms with Crippen molar-refractivity contribution in [3.8, 4) is 0 Å². The van der Waals surface area contributed by atoms with Gasteiger partial charge in [0.25, 0.3) is 0 Å². The van der Waals surface area contributed by atoms with Gasteiger partial charge in [-0.25, -0.2) is 0 Å². The monoisotopic (exact) mass is 168 g/mol. The Kier molecular flexibility index (Phi) is 2.02. The summed E-state index contributed by atoms with van der Waals surface area (Å²) in [5.41, 5.74) is 0.928. The van der Waals surface area contributed by atoms with Crippen LogP contribution in [0.1, 0.15) is 34.1 Å². The van der Waals surface area contributed by atoms with Crippen molar-refractivity contribution < 1.29 is 9.90 Å². The number of rotatable bonds is 0. The molecule has 68 valence electrons. The van der Waals surface area contributed by atoms with Gasteiger partial charge in [-0.15, -0.1) is 0 Å². The zero-order valence-electron chi connectivity index (χ0n) is 8.14. The number of carbonyl (C=O) groups is 1. The maximum Gasteiger partial charge on any atom is 0.197 e. The van der Waals surface area contributed by atoms with E-state index < -0.39 is 0 Å². The maximum absolute atomic E-state index is 11.1. The lowest BCUT2D eigenvalue weighted by Crippen LogP contribution is -2.19. The van der Waals surface area contributed by atoms with Gasteiger partial charge in [0.05, 0.1) is 0 Å². The third-order valence-electron chi connectivity index (χ3n) is 2.60. The fourth-order valence-electron chi connectivity index (χ4n) is 1.78. The van der Waals surface area contributed by atoms with Crippen LogP contribution >= 0.6 is 0 Å². The number of ketones is 1. The summed E-state index contributed by atoms with van der Waals surface area (Å²) in [4.78, 5) is 11.1. The predicted octanol–water partition coefficient (Wildman–Crippen LogP) is 2.45. The van der Waals surface area contributed by atoms with Crippen LogP contribution in [0, 0.1) is 11.3 Å². The Balaban J connectivity index is 2.95. The zero-order valence-corrected chi connectivity index (χ0v) is 8.14. The lowest BCUT2D eigenvalue weighted by Gasteiger charge is -2.27. The first kappa shape index (κ1) is 9.30. The highest BCUT2D eigenvalue weighted by Crippen LogP contribution is 2.40. The molecule has 1 rings (SSSR count). The number of hydrogen-bond donors (Lipinski definition) is 1. The highest BCUT2D eigenvalue weighted by Gasteiger charge is 2.36. The molecule has 0 fully saturated rings. The molecule has 0 amide bonds. The molecule has 0 saturated carbocycles. The van der Waals surface area contributed by atoms with Crippen molar-refractivity contribution in [1.82, 2.24) is 0 Å². The fraction of sp³-hybridized carbons (Fsp3) is 0.700. The Morgan fingerprint density at radius 2 is 1.92 bits per heavy atom. The van der Waals surface area contributed by atoms with Crippen molar-refractivity contribution in [3.05, 3.63) is 11.3 Å². The Morgan fingerprint density at radius 3 is 2.08 bits per heavy atom. The standard InChI is InChI=1S/C10H16O2/c1-6-7(10(2,3)4)5-8(11)9(6)12/h7,12H,5H2,1-4H3. The molecule has 12 heavy (non-hydrogen) atoms. The second-order valence-electron chi connectivity index (χ2n) is 4.58. The minimum Gasteiger partial charge on any atom is -0.504 e. The topological polar surface area (TPSA) is 37.3 Å². The van der Waals surface area contributed by atoms with Gasteiger partial charge in [-0.05, 0) is 23.8 Å². The number of aliphatic hydroxyl groups is 1. The molecule has 1 aliphatic rings. The largest absolute Gasteiger partial charge is 0.504 e. The van der Waals surface area contributed by atoms with Crippen molar-refractivity contribution >= 4 is 5.78 Å². The molecule has 0 bridgehead atoms. The van der Waals surface area contributed by atoms with Crippen molar-refractivity contribution in [2.45, 2.75) is 34.1 Å². The zero-order chi connectivity index (χ0) is 9.52. The lowest BCUT2D eigenvalue weighted by atomic mass is 9.77. The van der Waals surface area contributed by atoms with Gasteiger partial charge >= 0.3 is 0 Å². The smallest absolute Gasteiger partial charge is 0.197 e. The number of Topliss-reactive ketones (excluding diaryl/α,β-unsaturated/α-hetero) is 1. The van der Waals surface area contributed by atoms with Crippen molar-refractivity contribution in [1.29, 1.82) is 0 Å². The van der Waals surface area contributed by atoms with Crippen LogP contribution < -0.4 is 0 Å². The summed E-state index contributed by atoms with van der Waals surface area (Å²) in [7, 11) is 0. The van der Waals surface area contributed by atoms with E-state index >= 15 is 0 Å². The van der Waals surface area contributed by atoms with Crippen LogP contribution in [0.5, 0.6) is 0 Å². The van der Waals surface area contributed by atoms with E-state index in [9.17, 15) is 9.90 Å². The van der Waals surface area contributed by atoms with Gasteiger partial charge in [-0.2, -0.15) is 0 Å². The average Bonchev–Trinajstić information content (AvgIpc) is 2.15. The van der Waals surface area contributed by atoms with E-state index in [2.05, 4.69) is 20.8 Å². The normalized spacial score (nSPS) is 25.3. The van der Waals surface area contributed by atoms with Crippen molar-refractivity contribution in [3.63, 3.8) is 0 Å². The molecule has 0 aliphatic heterocycles. The van der Waals surface area contributed by atoms with Crippen LogP contribution in [0.3, 0.4) is 0 Å². The lowest BCUT2D eigenvalue weighted by molar-refractivity contribution is -0.117. The van der Waals surface area contributed by atoms with Gasteiger partial charge in [-0.3, -0.25) is 4.79 Å². The third kappa shape index (κ3) is 1.38. The molecule has 0 spiro atoms. The molecule has 0 radical (unpaired) electrons. The van der Waals surface area contributed by atoms with Crippen LogP contribution in [-0.2, 0) is 4.79 Å². The van der Waals surface area contributed by atoms with E-state index in [1.807, 2.05) is 6.92 Å². The van der Waals surface area contributed by atoms with Gasteiger partial charge in [0, 0.05) is 6.42 Å². The molecule has 1 aliphatic carbocycles. The number of aliphatic hydroxyl groups excluding tert-OH is 1. The first-order chi connectivity index (χ1) is 5.34. The van der Waals surface area contributed by atoms with Gasteiger partial charge in [0.2, 0.25) is 0 Å². The molecule has 1 atom stereocenters. The van der Waals surface area contributed by atoms with Crippen LogP contribution in [-0.4, -0.2) is 10.9 Å². The molecular formula is C10H16O2. The Labute approximate surface area is 73.3 Å². The van der Waals surface area contributed by atoms with E-state index in [1.165, 1.54) is 0 Å². The van der Waals surface area contributed by atoms with E-state index in [0.29, 0.717) is 6.42 Å². The summed E-state index contributed by atoms with van der Waals surface area (Å²) in [6.45, 7) is 8.11. The number of carbonyl (C=O) groups excluding carboxylic acids is 1. The summed E-state index contributed by atoms with van der Waals surface area (Å²) in [6, 6.07) is 0. The van der Waals surface area contributed by atoms with Gasteiger partial charge in [-0.1, -0.05) is 20.8 Å². The third-order valence-corrected chi connectivity index (χ3v) is 2.60. The minimum atomic E-state index is -0.104. The van der Waals surface area contributed by atoms with Crippen LogP contribution in [0.15, 0.2) is 11.3 Å². The molecule has 2 nitrogen and oxygen atoms in total. The van der Waals surface area contributed by atoms with Gasteiger partial charge < -0.3 is 5.11 Å². The summed E-state index contributed by atoms with van der Waals surface area (Å²) in [5.74, 6) is 0.104. The summed E-state index contributed by atoms with van der Waals surface area (Å²) >= 11 is 0. The summed E-state index contributed by atoms with van der Waals surface area (Å²) < 4.78 is 0.